The predicted octanol–water partition coefficient (Wildman–Crippen LogP) is 6.07. The Bertz CT molecular complexity index is 1360. The zero-order valence-corrected chi connectivity index (χ0v) is 17.6. The van der Waals surface area contributed by atoms with Crippen LogP contribution in [0.2, 0.25) is 0 Å². The lowest BCUT2D eigenvalue weighted by atomic mass is 9.92. The van der Waals surface area contributed by atoms with Crippen molar-refractivity contribution in [2.45, 2.75) is 6.04 Å². The molecule has 0 saturated heterocycles. The normalized spacial score (nSPS) is 12.2. The van der Waals surface area contributed by atoms with Crippen molar-refractivity contribution in [3.63, 3.8) is 0 Å². The maximum atomic E-state index is 10.9. The van der Waals surface area contributed by atoms with E-state index >= 15 is 0 Å². The molecule has 0 bridgehead atoms. The summed E-state index contributed by atoms with van der Waals surface area (Å²) in [7, 11) is 1.52. The van der Waals surface area contributed by atoms with Gasteiger partial charge in [0.15, 0.2) is 16.6 Å². The van der Waals surface area contributed by atoms with E-state index in [2.05, 4.69) is 5.32 Å². The Hall–Kier alpha value is -3.77. The number of nitrogens with zero attached hydrogens (tertiary/aromatic N) is 1. The fourth-order valence-corrected chi connectivity index (χ4v) is 4.78. The number of phenolic OH excluding ortho intramolecular Hbond substituents is 2. The minimum absolute atomic E-state index is 0.0240. The van der Waals surface area contributed by atoms with Crippen LogP contribution in [0.15, 0.2) is 78.9 Å². The number of nitrogens with one attached hydrogen (secondary N) is 1. The number of benzene rings is 4. The quantitative estimate of drug-likeness (QED) is 0.317. The molecule has 6 heteroatoms. The molecule has 154 valence electrons. The summed E-state index contributed by atoms with van der Waals surface area (Å²) in [5.74, 6) is 0.531. The highest BCUT2D eigenvalue weighted by Gasteiger charge is 2.25. The fraction of sp³-hybridized carbons (Fsp3) is 0.0800. The molecule has 1 unspecified atom stereocenters. The Morgan fingerprint density at radius 2 is 1.71 bits per heavy atom. The highest BCUT2D eigenvalue weighted by atomic mass is 32.1. The van der Waals surface area contributed by atoms with Gasteiger partial charge in [0, 0.05) is 11.1 Å². The van der Waals surface area contributed by atoms with E-state index in [1.807, 2.05) is 66.7 Å². The molecule has 0 spiro atoms. The monoisotopic (exact) mass is 428 g/mol. The van der Waals surface area contributed by atoms with Gasteiger partial charge in [0.05, 0.1) is 23.4 Å². The zero-order chi connectivity index (χ0) is 21.4. The number of hydrogen-bond acceptors (Lipinski definition) is 6. The van der Waals surface area contributed by atoms with Crippen molar-refractivity contribution in [3.8, 4) is 17.2 Å². The molecule has 5 aromatic rings. The average Bonchev–Trinajstić information content (AvgIpc) is 3.21. The van der Waals surface area contributed by atoms with E-state index in [1.54, 1.807) is 12.1 Å². The van der Waals surface area contributed by atoms with Gasteiger partial charge in [-0.25, -0.2) is 4.98 Å². The van der Waals surface area contributed by atoms with Gasteiger partial charge in [0.1, 0.15) is 5.75 Å². The molecule has 1 aromatic heterocycles. The number of ether oxygens (including phenoxy) is 1. The molecule has 1 atom stereocenters. The first kappa shape index (κ1) is 19.2. The second kappa shape index (κ2) is 7.81. The summed E-state index contributed by atoms with van der Waals surface area (Å²) >= 11 is 1.53. The second-order valence-electron chi connectivity index (χ2n) is 7.18. The summed E-state index contributed by atoms with van der Waals surface area (Å²) in [6.07, 6.45) is 0. The largest absolute Gasteiger partial charge is 0.508 e. The van der Waals surface area contributed by atoms with E-state index < -0.39 is 6.04 Å². The van der Waals surface area contributed by atoms with Gasteiger partial charge in [-0.3, -0.25) is 0 Å². The molecule has 4 aromatic carbocycles. The lowest BCUT2D eigenvalue weighted by molar-refractivity contribution is 0.370. The van der Waals surface area contributed by atoms with Crippen LogP contribution in [0, 0.1) is 0 Å². The van der Waals surface area contributed by atoms with Crippen molar-refractivity contribution >= 4 is 37.5 Å². The van der Waals surface area contributed by atoms with Gasteiger partial charge in [-0.2, -0.15) is 0 Å². The van der Waals surface area contributed by atoms with Crippen LogP contribution in [0.1, 0.15) is 17.2 Å². The maximum Gasteiger partial charge on any atom is 0.184 e. The van der Waals surface area contributed by atoms with Crippen molar-refractivity contribution in [3.05, 3.63) is 90.0 Å². The number of phenols is 2. The van der Waals surface area contributed by atoms with E-state index in [-0.39, 0.29) is 11.5 Å². The summed E-state index contributed by atoms with van der Waals surface area (Å²) in [4.78, 5) is 4.70. The van der Waals surface area contributed by atoms with Crippen molar-refractivity contribution in [2.75, 3.05) is 12.4 Å². The van der Waals surface area contributed by atoms with Gasteiger partial charge in [-0.05, 0) is 35.0 Å². The molecule has 3 N–H and O–H groups in total. The predicted molar refractivity (Wildman–Crippen MR) is 125 cm³/mol. The first-order chi connectivity index (χ1) is 15.2. The van der Waals surface area contributed by atoms with Gasteiger partial charge in [0.2, 0.25) is 0 Å². The van der Waals surface area contributed by atoms with Crippen molar-refractivity contribution in [1.82, 2.24) is 4.98 Å². The van der Waals surface area contributed by atoms with Crippen LogP contribution < -0.4 is 10.1 Å². The van der Waals surface area contributed by atoms with Gasteiger partial charge in [0.25, 0.3) is 0 Å². The number of fused-ring (bicyclic) bond motifs is 2. The zero-order valence-electron chi connectivity index (χ0n) is 16.7. The minimum atomic E-state index is -0.554. The molecule has 0 fully saturated rings. The first-order valence-corrected chi connectivity index (χ1v) is 10.7. The number of methoxy groups -OCH3 is 1. The molecule has 1 heterocycles. The number of aromatic nitrogens is 1. The van der Waals surface area contributed by atoms with Gasteiger partial charge >= 0.3 is 0 Å². The third kappa shape index (κ3) is 3.41. The third-order valence-corrected chi connectivity index (χ3v) is 6.33. The topological polar surface area (TPSA) is 74.6 Å². The van der Waals surface area contributed by atoms with Crippen molar-refractivity contribution in [2.24, 2.45) is 0 Å². The van der Waals surface area contributed by atoms with Crippen molar-refractivity contribution < 1.29 is 14.9 Å². The SMILES string of the molecule is COc1cccc(C(Nc2nc3ccccc3s2)c2c(O)ccc3ccccc23)c1O. The Labute approximate surface area is 183 Å². The van der Waals surface area contributed by atoms with Crippen LogP contribution in [0.25, 0.3) is 21.0 Å². The van der Waals surface area contributed by atoms with Gasteiger partial charge in [-0.1, -0.05) is 65.9 Å². The standard InChI is InChI=1S/C25H20N2O3S/c1-30-20-11-6-9-17(24(20)29)23(27-25-26-18-10-4-5-12-21(18)31-25)22-16-8-3-2-7-15(16)13-14-19(22)28/h2-14,23,28-29H,1H3,(H,26,27). The molecular weight excluding hydrogens is 408 g/mol. The maximum absolute atomic E-state index is 10.9. The molecule has 0 saturated carbocycles. The molecule has 5 rings (SSSR count). The van der Waals surface area contributed by atoms with Crippen LogP contribution in [0.3, 0.4) is 0 Å². The van der Waals surface area contributed by atoms with Crippen LogP contribution >= 0.6 is 11.3 Å². The van der Waals surface area contributed by atoms with E-state index in [4.69, 9.17) is 9.72 Å². The van der Waals surface area contributed by atoms with E-state index in [1.165, 1.54) is 18.4 Å². The Morgan fingerprint density at radius 1 is 0.903 bits per heavy atom. The summed E-state index contributed by atoms with van der Waals surface area (Å²) in [5, 5.41) is 27.9. The Kier molecular flexibility index (Phi) is 4.84. The summed E-state index contributed by atoms with van der Waals surface area (Å²) in [6, 6.07) is 24.1. The summed E-state index contributed by atoms with van der Waals surface area (Å²) in [5.41, 5.74) is 2.15. The van der Waals surface area contributed by atoms with E-state index in [0.717, 1.165) is 21.0 Å². The lowest BCUT2D eigenvalue weighted by Gasteiger charge is -2.23. The first-order valence-electron chi connectivity index (χ1n) is 9.84. The molecular formula is C25H20N2O3S. The highest BCUT2D eigenvalue weighted by molar-refractivity contribution is 7.22. The smallest absolute Gasteiger partial charge is 0.184 e. The summed E-state index contributed by atoms with van der Waals surface area (Å²) < 4.78 is 6.39. The highest BCUT2D eigenvalue weighted by Crippen LogP contribution is 2.43. The molecule has 31 heavy (non-hydrogen) atoms. The Balaban J connectivity index is 1.73. The van der Waals surface area contributed by atoms with Crippen LogP contribution in [-0.2, 0) is 0 Å². The Morgan fingerprint density at radius 3 is 2.55 bits per heavy atom. The molecule has 0 aliphatic heterocycles. The number of para-hydroxylation sites is 2. The van der Waals surface area contributed by atoms with E-state index in [0.29, 0.717) is 22.0 Å². The molecule has 0 aliphatic carbocycles. The minimum Gasteiger partial charge on any atom is -0.508 e. The number of rotatable bonds is 5. The number of anilines is 1. The van der Waals surface area contributed by atoms with Crippen LogP contribution in [-0.4, -0.2) is 22.3 Å². The third-order valence-electron chi connectivity index (χ3n) is 5.36. The number of thiazole rings is 1. The molecule has 0 aliphatic rings. The van der Waals surface area contributed by atoms with Gasteiger partial charge < -0.3 is 20.3 Å². The average molecular weight is 429 g/mol. The molecule has 5 nitrogen and oxygen atoms in total. The molecule has 0 amide bonds. The van der Waals surface area contributed by atoms with Crippen LogP contribution in [0.5, 0.6) is 17.2 Å². The van der Waals surface area contributed by atoms with E-state index in [9.17, 15) is 10.2 Å². The molecule has 0 radical (unpaired) electrons. The van der Waals surface area contributed by atoms with Crippen molar-refractivity contribution in [1.29, 1.82) is 0 Å². The fourth-order valence-electron chi connectivity index (χ4n) is 3.89. The van der Waals surface area contributed by atoms with Crippen LogP contribution in [0.4, 0.5) is 5.13 Å². The second-order valence-corrected chi connectivity index (χ2v) is 8.21. The summed E-state index contributed by atoms with van der Waals surface area (Å²) in [6.45, 7) is 0. The number of hydrogen-bond donors (Lipinski definition) is 3. The van der Waals surface area contributed by atoms with Gasteiger partial charge in [-0.15, -0.1) is 0 Å². The number of aromatic hydroxyl groups is 2. The lowest BCUT2D eigenvalue weighted by Crippen LogP contribution is -2.13.